The molecule has 0 fully saturated rings. The molecule has 0 bridgehead atoms. The summed E-state index contributed by atoms with van der Waals surface area (Å²) in [4.78, 5) is 4.38. The van der Waals surface area contributed by atoms with Gasteiger partial charge in [0.2, 0.25) is 0 Å². The van der Waals surface area contributed by atoms with Crippen LogP contribution in [0.5, 0.6) is 0 Å². The number of nitrogens with zero attached hydrogens (tertiary/aromatic N) is 2. The van der Waals surface area contributed by atoms with Crippen LogP contribution in [0.1, 0.15) is 17.4 Å². The molecule has 0 aromatic carbocycles. The van der Waals surface area contributed by atoms with Crippen molar-refractivity contribution in [1.29, 1.82) is 0 Å². The second-order valence-corrected chi connectivity index (χ2v) is 6.11. The molecule has 0 saturated heterocycles. The number of imidazole rings is 1. The molecule has 1 N–H and O–H groups in total. The van der Waals surface area contributed by atoms with Crippen LogP contribution in [-0.4, -0.2) is 16.6 Å². The summed E-state index contributed by atoms with van der Waals surface area (Å²) in [5.41, 5.74) is 1.28. The molecule has 0 radical (unpaired) electrons. The zero-order valence-corrected chi connectivity index (χ0v) is 11.5. The molecule has 0 aliphatic carbocycles. The van der Waals surface area contributed by atoms with E-state index in [0.717, 1.165) is 5.82 Å². The summed E-state index contributed by atoms with van der Waals surface area (Å²) in [6.45, 7) is 0. The Bertz CT molecular complexity index is 449. The van der Waals surface area contributed by atoms with E-state index in [-0.39, 0.29) is 6.04 Å². The molecule has 15 heavy (non-hydrogen) atoms. The molecule has 0 aliphatic heterocycles. The number of aromatic nitrogens is 2. The van der Waals surface area contributed by atoms with E-state index in [9.17, 15) is 0 Å². The van der Waals surface area contributed by atoms with Crippen molar-refractivity contribution in [1.82, 2.24) is 14.9 Å². The van der Waals surface area contributed by atoms with E-state index >= 15 is 0 Å². The maximum atomic E-state index is 4.38. The van der Waals surface area contributed by atoms with E-state index in [1.807, 2.05) is 31.1 Å². The molecule has 80 valence electrons. The third-order valence-electron chi connectivity index (χ3n) is 2.33. The molecule has 2 aromatic heterocycles. The van der Waals surface area contributed by atoms with Crippen LogP contribution in [0.15, 0.2) is 23.8 Å². The Morgan fingerprint density at radius 2 is 2.40 bits per heavy atom. The number of aryl methyl sites for hydroxylation is 1. The Labute approximate surface area is 107 Å². The molecule has 2 rings (SSSR count). The summed E-state index contributed by atoms with van der Waals surface area (Å²) in [6.07, 6.45) is 3.80. The third kappa shape index (κ3) is 2.24. The first-order valence-corrected chi connectivity index (χ1v) is 6.56. The van der Waals surface area contributed by atoms with Crippen LogP contribution >= 0.6 is 33.9 Å². The number of rotatable bonds is 3. The van der Waals surface area contributed by atoms with E-state index < -0.39 is 0 Å². The molecule has 0 amide bonds. The first-order valence-electron chi connectivity index (χ1n) is 4.61. The van der Waals surface area contributed by atoms with Gasteiger partial charge in [-0.25, -0.2) is 4.98 Å². The van der Waals surface area contributed by atoms with Gasteiger partial charge in [-0.3, -0.25) is 0 Å². The number of nitrogens with one attached hydrogen (secondary N) is 1. The fraction of sp³-hybridized carbons (Fsp3) is 0.300. The van der Waals surface area contributed by atoms with Gasteiger partial charge in [-0.2, -0.15) is 0 Å². The van der Waals surface area contributed by atoms with Gasteiger partial charge in [0.1, 0.15) is 5.82 Å². The summed E-state index contributed by atoms with van der Waals surface area (Å²) in [5, 5.41) is 5.47. The van der Waals surface area contributed by atoms with Gasteiger partial charge in [-0.1, -0.05) is 0 Å². The lowest BCUT2D eigenvalue weighted by molar-refractivity contribution is 0.619. The van der Waals surface area contributed by atoms with Crippen molar-refractivity contribution in [2.24, 2.45) is 7.05 Å². The lowest BCUT2D eigenvalue weighted by atomic mass is 10.1. The second kappa shape index (κ2) is 4.63. The monoisotopic (exact) mass is 333 g/mol. The lowest BCUT2D eigenvalue weighted by Crippen LogP contribution is -2.20. The molecular weight excluding hydrogens is 321 g/mol. The van der Waals surface area contributed by atoms with Crippen molar-refractivity contribution in [3.8, 4) is 0 Å². The molecule has 0 saturated carbocycles. The highest BCUT2D eigenvalue weighted by Gasteiger charge is 2.17. The number of thiophene rings is 1. The molecular formula is C10H12IN3S. The van der Waals surface area contributed by atoms with Crippen LogP contribution in [-0.2, 0) is 7.05 Å². The van der Waals surface area contributed by atoms with Crippen LogP contribution < -0.4 is 5.32 Å². The minimum Gasteiger partial charge on any atom is -0.336 e. The molecule has 2 aromatic rings. The van der Waals surface area contributed by atoms with Crippen molar-refractivity contribution in [3.63, 3.8) is 0 Å². The van der Waals surface area contributed by atoms with Crippen molar-refractivity contribution in [3.05, 3.63) is 38.1 Å². The lowest BCUT2D eigenvalue weighted by Gasteiger charge is -2.14. The maximum absolute atomic E-state index is 4.38. The predicted molar refractivity (Wildman–Crippen MR) is 71.1 cm³/mol. The van der Waals surface area contributed by atoms with E-state index in [4.69, 9.17) is 0 Å². The van der Waals surface area contributed by atoms with E-state index in [1.54, 1.807) is 11.3 Å². The summed E-state index contributed by atoms with van der Waals surface area (Å²) in [6, 6.07) is 2.38. The average molecular weight is 333 g/mol. The van der Waals surface area contributed by atoms with E-state index in [2.05, 4.69) is 44.3 Å². The number of hydrogen-bond donors (Lipinski definition) is 1. The quantitative estimate of drug-likeness (QED) is 0.875. The molecule has 3 nitrogen and oxygen atoms in total. The van der Waals surface area contributed by atoms with Crippen LogP contribution in [0.25, 0.3) is 0 Å². The largest absolute Gasteiger partial charge is 0.336 e. The van der Waals surface area contributed by atoms with Gasteiger partial charge in [0, 0.05) is 19.4 Å². The Hall–Kier alpha value is -0.400. The highest BCUT2D eigenvalue weighted by molar-refractivity contribution is 14.1. The van der Waals surface area contributed by atoms with Gasteiger partial charge in [-0.15, -0.1) is 11.3 Å². The normalized spacial score (nSPS) is 13.0. The van der Waals surface area contributed by atoms with Crippen LogP contribution in [0, 0.1) is 2.88 Å². The summed E-state index contributed by atoms with van der Waals surface area (Å²) >= 11 is 4.10. The average Bonchev–Trinajstić information content (AvgIpc) is 2.79. The van der Waals surface area contributed by atoms with Gasteiger partial charge in [0.05, 0.1) is 8.93 Å². The first-order chi connectivity index (χ1) is 7.22. The van der Waals surface area contributed by atoms with Gasteiger partial charge in [0.25, 0.3) is 0 Å². The highest BCUT2D eigenvalue weighted by atomic mass is 127. The molecule has 0 spiro atoms. The molecule has 1 atom stereocenters. The summed E-state index contributed by atoms with van der Waals surface area (Å²) in [7, 11) is 3.98. The van der Waals surface area contributed by atoms with Gasteiger partial charge < -0.3 is 9.88 Å². The Morgan fingerprint density at radius 1 is 1.60 bits per heavy atom. The zero-order valence-electron chi connectivity index (χ0n) is 8.57. The second-order valence-electron chi connectivity index (χ2n) is 3.30. The van der Waals surface area contributed by atoms with E-state index in [1.165, 1.54) is 8.45 Å². The fourth-order valence-electron chi connectivity index (χ4n) is 1.57. The minimum atomic E-state index is 0.185. The Morgan fingerprint density at radius 3 is 2.87 bits per heavy atom. The van der Waals surface area contributed by atoms with E-state index in [0.29, 0.717) is 0 Å². The van der Waals surface area contributed by atoms with Crippen LogP contribution in [0.4, 0.5) is 0 Å². The molecule has 0 aliphatic rings. The van der Waals surface area contributed by atoms with Crippen molar-refractivity contribution in [2.45, 2.75) is 6.04 Å². The standard InChI is InChI=1S/C10H12IN3S/c1-12-9(7-5-8(11)15-6-7)10-13-3-4-14(10)2/h3-6,9,12H,1-2H3. The molecule has 5 heteroatoms. The highest BCUT2D eigenvalue weighted by Crippen LogP contribution is 2.25. The number of halogens is 1. The van der Waals surface area contributed by atoms with Crippen LogP contribution in [0.3, 0.4) is 0 Å². The minimum absolute atomic E-state index is 0.185. The Kier molecular flexibility index (Phi) is 3.42. The smallest absolute Gasteiger partial charge is 0.130 e. The third-order valence-corrected chi connectivity index (χ3v) is 4.13. The van der Waals surface area contributed by atoms with Crippen LogP contribution in [0.2, 0.25) is 0 Å². The first kappa shape index (κ1) is 11.1. The van der Waals surface area contributed by atoms with Gasteiger partial charge in [0.15, 0.2) is 0 Å². The zero-order chi connectivity index (χ0) is 10.8. The molecule has 2 heterocycles. The summed E-state index contributed by atoms with van der Waals surface area (Å²) in [5.74, 6) is 1.05. The van der Waals surface area contributed by atoms with Crippen molar-refractivity contribution < 1.29 is 0 Å². The van der Waals surface area contributed by atoms with Crippen molar-refractivity contribution >= 4 is 33.9 Å². The van der Waals surface area contributed by atoms with Crippen molar-refractivity contribution in [2.75, 3.05) is 7.05 Å². The van der Waals surface area contributed by atoms with Gasteiger partial charge >= 0.3 is 0 Å². The maximum Gasteiger partial charge on any atom is 0.130 e. The summed E-state index contributed by atoms with van der Waals surface area (Å²) < 4.78 is 3.35. The topological polar surface area (TPSA) is 29.9 Å². The Balaban J connectivity index is 2.36. The van der Waals surface area contributed by atoms with Gasteiger partial charge in [-0.05, 0) is 46.6 Å². The predicted octanol–water partition coefficient (Wildman–Crippen LogP) is 2.39. The number of hydrogen-bond acceptors (Lipinski definition) is 3. The molecule has 1 unspecified atom stereocenters. The SMILES string of the molecule is CNC(c1csc(I)c1)c1nccn1C. The fourth-order valence-corrected chi connectivity index (χ4v) is 2.97.